The molecule has 0 bridgehead atoms. The van der Waals surface area contributed by atoms with Gasteiger partial charge in [0.25, 0.3) is 0 Å². The third-order valence-electron chi connectivity index (χ3n) is 2.84. The molecule has 1 aliphatic rings. The van der Waals surface area contributed by atoms with Crippen LogP contribution < -0.4 is 5.73 Å². The Morgan fingerprint density at radius 2 is 2.00 bits per heavy atom. The predicted molar refractivity (Wildman–Crippen MR) is 47.7 cm³/mol. The van der Waals surface area contributed by atoms with Gasteiger partial charge in [0.1, 0.15) is 0 Å². The fourth-order valence-electron chi connectivity index (χ4n) is 2.02. The summed E-state index contributed by atoms with van der Waals surface area (Å²) < 4.78 is 5.05. The van der Waals surface area contributed by atoms with Crippen LogP contribution in [0.5, 0.6) is 0 Å². The van der Waals surface area contributed by atoms with E-state index >= 15 is 0 Å². The highest BCUT2D eigenvalue weighted by molar-refractivity contribution is 5.18. The molecule has 0 spiro atoms. The maximum atomic E-state index is 6.26. The summed E-state index contributed by atoms with van der Waals surface area (Å²) in [6, 6.07) is 1.99. The van der Waals surface area contributed by atoms with Gasteiger partial charge in [-0.2, -0.15) is 0 Å². The third-order valence-corrected chi connectivity index (χ3v) is 2.84. The highest BCUT2D eigenvalue weighted by atomic mass is 16.3. The summed E-state index contributed by atoms with van der Waals surface area (Å²) in [5.74, 6) is 0. The summed E-state index contributed by atoms with van der Waals surface area (Å²) in [5.41, 5.74) is 7.34. The van der Waals surface area contributed by atoms with E-state index in [0.717, 1.165) is 12.8 Å². The van der Waals surface area contributed by atoms with Crippen molar-refractivity contribution in [1.29, 1.82) is 0 Å². The maximum absolute atomic E-state index is 6.26. The zero-order valence-corrected chi connectivity index (χ0v) is 7.25. The number of hydrogen-bond donors (Lipinski definition) is 1. The van der Waals surface area contributed by atoms with Gasteiger partial charge in [-0.1, -0.05) is 19.3 Å². The average Bonchev–Trinajstić information content (AvgIpc) is 2.58. The van der Waals surface area contributed by atoms with Crippen molar-refractivity contribution in [3.05, 3.63) is 24.2 Å². The van der Waals surface area contributed by atoms with Gasteiger partial charge in [-0.15, -0.1) is 0 Å². The van der Waals surface area contributed by atoms with Crippen LogP contribution in [0.4, 0.5) is 0 Å². The van der Waals surface area contributed by atoms with Crippen LogP contribution in [-0.4, -0.2) is 0 Å². The smallest absolute Gasteiger partial charge is 0.0953 e. The van der Waals surface area contributed by atoms with Gasteiger partial charge in [0.2, 0.25) is 0 Å². The first-order chi connectivity index (χ1) is 5.81. The van der Waals surface area contributed by atoms with Gasteiger partial charge in [0.15, 0.2) is 0 Å². The summed E-state index contributed by atoms with van der Waals surface area (Å²) in [5, 5.41) is 0. The summed E-state index contributed by atoms with van der Waals surface area (Å²) in [7, 11) is 0. The lowest BCUT2D eigenvalue weighted by molar-refractivity contribution is 0.300. The Morgan fingerprint density at radius 3 is 2.58 bits per heavy atom. The zero-order valence-electron chi connectivity index (χ0n) is 7.25. The molecule has 0 unspecified atom stereocenters. The Hall–Kier alpha value is -0.760. The second kappa shape index (κ2) is 2.94. The second-order valence-corrected chi connectivity index (χ2v) is 3.73. The molecule has 2 nitrogen and oxygen atoms in total. The van der Waals surface area contributed by atoms with E-state index in [1.54, 1.807) is 12.5 Å². The molecule has 0 amide bonds. The molecular weight excluding hydrogens is 150 g/mol. The van der Waals surface area contributed by atoms with E-state index in [1.807, 2.05) is 6.07 Å². The fourth-order valence-corrected chi connectivity index (χ4v) is 2.02. The minimum absolute atomic E-state index is 0.0920. The second-order valence-electron chi connectivity index (χ2n) is 3.73. The van der Waals surface area contributed by atoms with Crippen molar-refractivity contribution in [3.8, 4) is 0 Å². The molecule has 0 saturated heterocycles. The molecule has 0 radical (unpaired) electrons. The SMILES string of the molecule is NC1(c2ccoc2)CCCCC1. The van der Waals surface area contributed by atoms with Crippen LogP contribution in [0, 0.1) is 0 Å². The van der Waals surface area contributed by atoms with E-state index in [9.17, 15) is 0 Å². The molecule has 2 rings (SSSR count). The largest absolute Gasteiger partial charge is 0.472 e. The predicted octanol–water partition coefficient (Wildman–Crippen LogP) is 2.40. The number of furan rings is 1. The molecule has 66 valence electrons. The first kappa shape index (κ1) is 7.87. The number of rotatable bonds is 1. The quantitative estimate of drug-likeness (QED) is 0.694. The van der Waals surface area contributed by atoms with E-state index < -0.39 is 0 Å². The molecule has 0 aromatic carbocycles. The van der Waals surface area contributed by atoms with E-state index in [2.05, 4.69) is 0 Å². The molecule has 2 heteroatoms. The van der Waals surface area contributed by atoms with Crippen LogP contribution in [-0.2, 0) is 5.54 Å². The third kappa shape index (κ3) is 1.27. The first-order valence-electron chi connectivity index (χ1n) is 4.63. The van der Waals surface area contributed by atoms with Crippen LogP contribution in [0.2, 0.25) is 0 Å². The van der Waals surface area contributed by atoms with Gasteiger partial charge in [-0.3, -0.25) is 0 Å². The molecule has 12 heavy (non-hydrogen) atoms. The van der Waals surface area contributed by atoms with Gasteiger partial charge in [0.05, 0.1) is 12.5 Å². The average molecular weight is 165 g/mol. The lowest BCUT2D eigenvalue weighted by Crippen LogP contribution is -2.38. The van der Waals surface area contributed by atoms with E-state index in [0.29, 0.717) is 0 Å². The zero-order chi connectivity index (χ0) is 8.44. The minimum atomic E-state index is -0.0920. The normalized spacial score (nSPS) is 22.4. The molecule has 1 saturated carbocycles. The van der Waals surface area contributed by atoms with Crippen LogP contribution in [0.15, 0.2) is 23.0 Å². The van der Waals surface area contributed by atoms with Gasteiger partial charge in [0, 0.05) is 11.1 Å². The molecule has 1 aromatic heterocycles. The molecule has 1 heterocycles. The standard InChI is InChI=1S/C10H15NO/c11-10(5-2-1-3-6-10)9-4-7-12-8-9/h4,7-8H,1-3,5-6,11H2. The molecule has 1 fully saturated rings. The summed E-state index contributed by atoms with van der Waals surface area (Å²) in [6.07, 6.45) is 9.53. The van der Waals surface area contributed by atoms with Crippen LogP contribution in [0.1, 0.15) is 37.7 Å². The first-order valence-corrected chi connectivity index (χ1v) is 4.63. The van der Waals surface area contributed by atoms with E-state index in [4.69, 9.17) is 10.2 Å². The van der Waals surface area contributed by atoms with Crippen molar-refractivity contribution in [2.24, 2.45) is 5.73 Å². The molecule has 0 atom stereocenters. The lowest BCUT2D eigenvalue weighted by atomic mass is 9.79. The topological polar surface area (TPSA) is 39.2 Å². The Labute approximate surface area is 72.7 Å². The summed E-state index contributed by atoms with van der Waals surface area (Å²) in [6.45, 7) is 0. The lowest BCUT2D eigenvalue weighted by Gasteiger charge is -2.32. The molecular formula is C10H15NO. The van der Waals surface area contributed by atoms with Crippen molar-refractivity contribution in [1.82, 2.24) is 0 Å². The molecule has 2 N–H and O–H groups in total. The Bertz CT molecular complexity index is 234. The molecule has 0 aliphatic heterocycles. The Kier molecular flexibility index (Phi) is 1.93. The van der Waals surface area contributed by atoms with Gasteiger partial charge in [-0.25, -0.2) is 0 Å². The molecule has 1 aromatic rings. The van der Waals surface area contributed by atoms with Gasteiger partial charge < -0.3 is 10.2 Å². The van der Waals surface area contributed by atoms with Gasteiger partial charge in [-0.05, 0) is 18.9 Å². The maximum Gasteiger partial charge on any atom is 0.0953 e. The number of nitrogens with two attached hydrogens (primary N) is 1. The number of hydrogen-bond acceptors (Lipinski definition) is 2. The van der Waals surface area contributed by atoms with Crippen LogP contribution in [0.25, 0.3) is 0 Å². The highest BCUT2D eigenvalue weighted by Gasteiger charge is 2.29. The van der Waals surface area contributed by atoms with Gasteiger partial charge >= 0.3 is 0 Å². The summed E-state index contributed by atoms with van der Waals surface area (Å²) in [4.78, 5) is 0. The van der Waals surface area contributed by atoms with Crippen molar-refractivity contribution in [2.75, 3.05) is 0 Å². The van der Waals surface area contributed by atoms with Crippen molar-refractivity contribution < 1.29 is 4.42 Å². The van der Waals surface area contributed by atoms with E-state index in [-0.39, 0.29) is 5.54 Å². The van der Waals surface area contributed by atoms with Crippen LogP contribution >= 0.6 is 0 Å². The van der Waals surface area contributed by atoms with Crippen molar-refractivity contribution >= 4 is 0 Å². The Balaban J connectivity index is 2.19. The highest BCUT2D eigenvalue weighted by Crippen LogP contribution is 2.34. The van der Waals surface area contributed by atoms with Crippen molar-refractivity contribution in [2.45, 2.75) is 37.6 Å². The van der Waals surface area contributed by atoms with Crippen molar-refractivity contribution in [3.63, 3.8) is 0 Å². The summed E-state index contributed by atoms with van der Waals surface area (Å²) >= 11 is 0. The van der Waals surface area contributed by atoms with Crippen LogP contribution in [0.3, 0.4) is 0 Å². The monoisotopic (exact) mass is 165 g/mol. The molecule has 1 aliphatic carbocycles. The minimum Gasteiger partial charge on any atom is -0.472 e. The van der Waals surface area contributed by atoms with E-state index in [1.165, 1.54) is 24.8 Å². The fraction of sp³-hybridized carbons (Fsp3) is 0.600. The Morgan fingerprint density at radius 1 is 1.25 bits per heavy atom.